The number of fused-ring (bicyclic) bond motifs is 1. The number of alkyl halides is 2. The number of amides is 2. The summed E-state index contributed by atoms with van der Waals surface area (Å²) in [5.74, 6) is -2.02. The summed E-state index contributed by atoms with van der Waals surface area (Å²) >= 11 is 31.4. The van der Waals surface area contributed by atoms with Gasteiger partial charge in [-0.15, -0.1) is 23.2 Å². The molecule has 0 saturated heterocycles. The van der Waals surface area contributed by atoms with Crippen LogP contribution in [0.5, 0.6) is 0 Å². The number of hydrogen-bond acceptors (Lipinski definition) is 2. The Bertz CT molecular complexity index is 1530. The van der Waals surface area contributed by atoms with Crippen molar-refractivity contribution in [2.45, 2.75) is 23.7 Å². The highest BCUT2D eigenvalue weighted by molar-refractivity contribution is 6.53. The summed E-state index contributed by atoms with van der Waals surface area (Å²) in [6, 6.07) is 17.3. The molecule has 0 unspecified atom stereocenters. The molecular formula is C27H20Cl5N3O2. The second-order valence-electron chi connectivity index (χ2n) is 8.85. The van der Waals surface area contributed by atoms with Gasteiger partial charge >= 0.3 is 0 Å². The van der Waals surface area contributed by atoms with Crippen LogP contribution in [0.25, 0.3) is 10.9 Å². The molecule has 1 saturated carbocycles. The zero-order chi connectivity index (χ0) is 26.5. The largest absolute Gasteiger partial charge is 0.348 e. The van der Waals surface area contributed by atoms with E-state index in [0.29, 0.717) is 27.0 Å². The minimum Gasteiger partial charge on any atom is -0.348 e. The maximum absolute atomic E-state index is 13.1. The van der Waals surface area contributed by atoms with Crippen LogP contribution in [0.1, 0.15) is 28.8 Å². The number of carbonyl (C=O) groups is 2. The van der Waals surface area contributed by atoms with E-state index in [4.69, 9.17) is 58.0 Å². The predicted molar refractivity (Wildman–Crippen MR) is 153 cm³/mol. The maximum Gasteiger partial charge on any atom is 0.257 e. The van der Waals surface area contributed by atoms with Gasteiger partial charge in [0.15, 0.2) is 0 Å². The number of aryl methyl sites for hydroxylation is 1. The van der Waals surface area contributed by atoms with Gasteiger partial charge in [-0.1, -0.05) is 34.8 Å². The van der Waals surface area contributed by atoms with Gasteiger partial charge in [0.2, 0.25) is 5.91 Å². The Hall–Kier alpha value is -2.41. The van der Waals surface area contributed by atoms with Gasteiger partial charge < -0.3 is 15.2 Å². The first-order valence-electron chi connectivity index (χ1n) is 11.4. The van der Waals surface area contributed by atoms with E-state index in [9.17, 15) is 9.59 Å². The number of anilines is 2. The Morgan fingerprint density at radius 2 is 1.57 bits per heavy atom. The van der Waals surface area contributed by atoms with Crippen molar-refractivity contribution in [2.24, 2.45) is 5.92 Å². The maximum atomic E-state index is 13.1. The number of nitrogens with one attached hydrogen (secondary N) is 2. The average molecular weight is 596 g/mol. The van der Waals surface area contributed by atoms with E-state index < -0.39 is 28.0 Å². The van der Waals surface area contributed by atoms with Crippen LogP contribution in [-0.4, -0.2) is 20.7 Å². The smallest absolute Gasteiger partial charge is 0.257 e. The standard InChI is InChI=1S/C27H20Cl5N3O2/c1-2-35-8-7-14-11-18(4-6-22(14)35)33-25(36)20-13-19(3-5-21(20)30)34-26(37)24-23(27(24,31)32)15-9-16(28)12-17(29)10-15/h3-13,23-24H,2H2,1H3,(H,33,36)(H,34,37)/t23-,24+/m0/s1. The fourth-order valence-electron chi connectivity index (χ4n) is 4.57. The molecule has 0 spiro atoms. The molecule has 37 heavy (non-hydrogen) atoms. The molecule has 3 aromatic carbocycles. The van der Waals surface area contributed by atoms with Crippen molar-refractivity contribution in [1.29, 1.82) is 0 Å². The molecule has 1 fully saturated rings. The van der Waals surface area contributed by atoms with Crippen LogP contribution in [0.3, 0.4) is 0 Å². The first-order chi connectivity index (χ1) is 17.6. The Balaban J connectivity index is 1.32. The van der Waals surface area contributed by atoms with Gasteiger partial charge in [-0.3, -0.25) is 9.59 Å². The Morgan fingerprint density at radius 3 is 2.27 bits per heavy atom. The number of nitrogens with zero attached hydrogens (tertiary/aromatic N) is 1. The minimum absolute atomic E-state index is 0.211. The number of benzene rings is 3. The van der Waals surface area contributed by atoms with Gasteiger partial charge in [0.25, 0.3) is 5.91 Å². The molecule has 5 rings (SSSR count). The van der Waals surface area contributed by atoms with E-state index >= 15 is 0 Å². The van der Waals surface area contributed by atoms with Crippen molar-refractivity contribution in [1.82, 2.24) is 4.57 Å². The van der Waals surface area contributed by atoms with Gasteiger partial charge in [0.1, 0.15) is 4.33 Å². The molecule has 4 aromatic rings. The topological polar surface area (TPSA) is 63.1 Å². The molecule has 10 heteroatoms. The molecule has 2 N–H and O–H groups in total. The highest BCUT2D eigenvalue weighted by Gasteiger charge is 2.67. The van der Waals surface area contributed by atoms with E-state index in [1.165, 1.54) is 6.07 Å². The summed E-state index contributed by atoms with van der Waals surface area (Å²) in [5, 5.41) is 7.77. The molecule has 1 aliphatic carbocycles. The van der Waals surface area contributed by atoms with E-state index in [2.05, 4.69) is 22.1 Å². The van der Waals surface area contributed by atoms with Crippen molar-refractivity contribution >= 4 is 92.1 Å². The normalized spacial score (nSPS) is 18.0. The molecule has 0 bridgehead atoms. The zero-order valence-electron chi connectivity index (χ0n) is 19.4. The van der Waals surface area contributed by atoms with Gasteiger partial charge in [-0.2, -0.15) is 0 Å². The SMILES string of the molecule is CCn1ccc2cc(NC(=O)c3cc(NC(=O)[C@H]4[C@H](c5cc(Cl)cc(Cl)c5)C4(Cl)Cl)ccc3Cl)ccc21. The molecular weight excluding hydrogens is 576 g/mol. The first-order valence-corrected chi connectivity index (χ1v) is 13.3. The van der Waals surface area contributed by atoms with Gasteiger partial charge in [0, 0.05) is 51.0 Å². The summed E-state index contributed by atoms with van der Waals surface area (Å²) in [6.45, 7) is 2.92. The van der Waals surface area contributed by atoms with Crippen LogP contribution >= 0.6 is 58.0 Å². The number of aromatic nitrogens is 1. The molecule has 0 radical (unpaired) electrons. The summed E-state index contributed by atoms with van der Waals surface area (Å²) in [4.78, 5) is 26.1. The number of carbonyl (C=O) groups excluding carboxylic acids is 2. The molecule has 5 nitrogen and oxygen atoms in total. The highest BCUT2D eigenvalue weighted by Crippen LogP contribution is 2.65. The van der Waals surface area contributed by atoms with Crippen LogP contribution in [0.2, 0.25) is 15.1 Å². The summed E-state index contributed by atoms with van der Waals surface area (Å²) in [6.07, 6.45) is 2.00. The number of halogens is 5. The Morgan fingerprint density at radius 1 is 0.892 bits per heavy atom. The second-order valence-corrected chi connectivity index (χ2v) is 11.6. The third-order valence-electron chi connectivity index (χ3n) is 6.43. The van der Waals surface area contributed by atoms with Crippen molar-refractivity contribution in [2.75, 3.05) is 10.6 Å². The first kappa shape index (κ1) is 26.2. The van der Waals surface area contributed by atoms with Crippen molar-refractivity contribution in [3.8, 4) is 0 Å². The van der Waals surface area contributed by atoms with E-state index in [1.54, 1.807) is 30.3 Å². The van der Waals surface area contributed by atoms with Gasteiger partial charge in [0.05, 0.1) is 16.5 Å². The van der Waals surface area contributed by atoms with Crippen LogP contribution in [0, 0.1) is 5.92 Å². The molecule has 1 heterocycles. The molecule has 1 aromatic heterocycles. The van der Waals surface area contributed by atoms with Gasteiger partial charge in [-0.05, 0) is 73.2 Å². The lowest BCUT2D eigenvalue weighted by Crippen LogP contribution is -2.18. The van der Waals surface area contributed by atoms with Crippen LogP contribution < -0.4 is 10.6 Å². The van der Waals surface area contributed by atoms with E-state index in [1.807, 2.05) is 30.5 Å². The van der Waals surface area contributed by atoms with Crippen LogP contribution in [0.4, 0.5) is 11.4 Å². The third kappa shape index (κ3) is 5.16. The predicted octanol–water partition coefficient (Wildman–Crippen LogP) is 8.40. The lowest BCUT2D eigenvalue weighted by molar-refractivity contribution is -0.117. The van der Waals surface area contributed by atoms with E-state index in [0.717, 1.165) is 17.4 Å². The molecule has 2 amide bonds. The highest BCUT2D eigenvalue weighted by atomic mass is 35.5. The van der Waals surface area contributed by atoms with Crippen molar-refractivity contribution in [3.63, 3.8) is 0 Å². The van der Waals surface area contributed by atoms with Crippen LogP contribution in [-0.2, 0) is 11.3 Å². The fourth-order valence-corrected chi connectivity index (χ4v) is 6.15. The monoisotopic (exact) mass is 593 g/mol. The van der Waals surface area contributed by atoms with Crippen LogP contribution in [0.15, 0.2) is 66.9 Å². The summed E-state index contributed by atoms with van der Waals surface area (Å²) in [5.41, 5.74) is 2.98. The molecule has 2 atom stereocenters. The Kier molecular flexibility index (Phi) is 7.12. The number of hydrogen-bond donors (Lipinski definition) is 2. The average Bonchev–Trinajstić information content (AvgIpc) is 3.20. The van der Waals surface area contributed by atoms with Gasteiger partial charge in [-0.25, -0.2) is 0 Å². The second kappa shape index (κ2) is 10.0. The Labute approximate surface area is 238 Å². The lowest BCUT2D eigenvalue weighted by atomic mass is 10.1. The summed E-state index contributed by atoms with van der Waals surface area (Å²) < 4.78 is 0.797. The molecule has 190 valence electrons. The third-order valence-corrected chi connectivity index (χ3v) is 8.13. The lowest BCUT2D eigenvalue weighted by Gasteiger charge is -2.11. The summed E-state index contributed by atoms with van der Waals surface area (Å²) in [7, 11) is 0. The van der Waals surface area contributed by atoms with Crippen molar-refractivity contribution < 1.29 is 9.59 Å². The quantitative estimate of drug-likeness (QED) is 0.220. The molecule has 0 aliphatic heterocycles. The minimum atomic E-state index is -1.32. The molecule has 1 aliphatic rings. The number of rotatable bonds is 6. The van der Waals surface area contributed by atoms with Crippen molar-refractivity contribution in [3.05, 3.63) is 93.1 Å². The van der Waals surface area contributed by atoms with E-state index in [-0.39, 0.29) is 10.6 Å². The fraction of sp³-hybridized carbons (Fsp3) is 0.185. The zero-order valence-corrected chi connectivity index (χ0v) is 23.1.